The minimum atomic E-state index is -4.54. The van der Waals surface area contributed by atoms with Crippen LogP contribution in [0.2, 0.25) is 0 Å². The fourth-order valence-corrected chi connectivity index (χ4v) is 4.30. The summed E-state index contributed by atoms with van der Waals surface area (Å²) in [4.78, 5) is 20.8. The zero-order valence-electron chi connectivity index (χ0n) is 18.4. The number of nitrogens with zero attached hydrogens (tertiary/aromatic N) is 4. The van der Waals surface area contributed by atoms with E-state index >= 15 is 0 Å². The molecule has 1 aromatic carbocycles. The molecule has 2 aliphatic heterocycles. The molecule has 0 bridgehead atoms. The molecule has 1 fully saturated rings. The Bertz CT molecular complexity index is 1030. The Labute approximate surface area is 184 Å². The molecule has 1 unspecified atom stereocenters. The molecular formula is C22H27F3N4O3. The summed E-state index contributed by atoms with van der Waals surface area (Å²) in [5.74, 6) is 1.18. The maximum atomic E-state index is 14.2. The van der Waals surface area contributed by atoms with E-state index in [1.54, 1.807) is 26.2 Å². The number of ether oxygens (including phenoxy) is 2. The molecule has 0 N–H and O–H groups in total. The zero-order valence-corrected chi connectivity index (χ0v) is 18.4. The van der Waals surface area contributed by atoms with Crippen LogP contribution in [0.4, 0.5) is 24.9 Å². The molecule has 4 rings (SSSR count). The molecule has 2 aromatic rings. The first-order valence-electron chi connectivity index (χ1n) is 10.6. The quantitative estimate of drug-likeness (QED) is 0.696. The van der Waals surface area contributed by atoms with E-state index in [-0.39, 0.29) is 12.5 Å². The number of hydrogen-bond donors (Lipinski definition) is 0. The van der Waals surface area contributed by atoms with Gasteiger partial charge in [-0.25, -0.2) is 0 Å². The van der Waals surface area contributed by atoms with Crippen LogP contribution in [0.25, 0.3) is 0 Å². The van der Waals surface area contributed by atoms with Crippen molar-refractivity contribution in [2.24, 2.45) is 0 Å². The van der Waals surface area contributed by atoms with Crippen LogP contribution in [-0.2, 0) is 17.7 Å². The molecular weight excluding hydrogens is 425 g/mol. The number of rotatable bonds is 5. The van der Waals surface area contributed by atoms with Gasteiger partial charge in [-0.05, 0) is 38.0 Å². The summed E-state index contributed by atoms with van der Waals surface area (Å²) >= 11 is 0. The number of benzene rings is 1. The molecule has 0 radical (unpaired) electrons. The number of methoxy groups -OCH3 is 1. The van der Waals surface area contributed by atoms with Crippen molar-refractivity contribution in [2.75, 3.05) is 49.8 Å². The molecule has 10 heteroatoms. The second kappa shape index (κ2) is 8.31. The average molecular weight is 452 g/mol. The molecule has 32 heavy (non-hydrogen) atoms. The topological polar surface area (TPSA) is 59.8 Å². The summed E-state index contributed by atoms with van der Waals surface area (Å²) in [7, 11) is 1.56. The first kappa shape index (κ1) is 22.4. The van der Waals surface area contributed by atoms with Crippen LogP contribution >= 0.6 is 0 Å². The predicted octanol–water partition coefficient (Wildman–Crippen LogP) is 2.78. The lowest BCUT2D eigenvalue weighted by Gasteiger charge is -2.37. The monoisotopic (exact) mass is 452 g/mol. The van der Waals surface area contributed by atoms with Gasteiger partial charge in [0.25, 0.3) is 5.56 Å². The summed E-state index contributed by atoms with van der Waals surface area (Å²) in [6.07, 6.45) is -4.17. The largest absolute Gasteiger partial charge is 0.497 e. The standard InChI is InChI=1S/C22H27F3N4O3/c1-15-18(27-10-12-32-13-11-27)26-20-28(19(15)30)14-21(2,22(23,24)25)29(20)9-8-16-4-6-17(31-3)7-5-16/h4-7H,8-14H2,1-3H3. The van der Waals surface area contributed by atoms with Crippen LogP contribution in [0.3, 0.4) is 0 Å². The Balaban J connectivity index is 1.72. The fourth-order valence-electron chi connectivity index (χ4n) is 4.30. The van der Waals surface area contributed by atoms with Gasteiger partial charge in [0.2, 0.25) is 5.95 Å². The Hall–Kier alpha value is -2.75. The normalized spacial score (nSPS) is 21.1. The third kappa shape index (κ3) is 3.80. The van der Waals surface area contributed by atoms with Crippen molar-refractivity contribution in [3.05, 3.63) is 45.7 Å². The summed E-state index contributed by atoms with van der Waals surface area (Å²) < 4.78 is 54.4. The van der Waals surface area contributed by atoms with Gasteiger partial charge in [0.05, 0.1) is 32.4 Å². The Kier molecular flexibility index (Phi) is 5.83. The van der Waals surface area contributed by atoms with Gasteiger partial charge in [-0.3, -0.25) is 9.36 Å². The fraction of sp³-hybridized carbons (Fsp3) is 0.545. The predicted molar refractivity (Wildman–Crippen MR) is 115 cm³/mol. The van der Waals surface area contributed by atoms with Gasteiger partial charge in [0.1, 0.15) is 11.6 Å². The van der Waals surface area contributed by atoms with Gasteiger partial charge in [-0.15, -0.1) is 0 Å². The van der Waals surface area contributed by atoms with Crippen LogP contribution in [0.1, 0.15) is 18.1 Å². The highest BCUT2D eigenvalue weighted by Crippen LogP contribution is 2.43. The van der Waals surface area contributed by atoms with Gasteiger partial charge < -0.3 is 19.3 Å². The number of halogens is 3. The van der Waals surface area contributed by atoms with E-state index in [9.17, 15) is 18.0 Å². The van der Waals surface area contributed by atoms with Crippen LogP contribution < -0.4 is 20.1 Å². The van der Waals surface area contributed by atoms with Crippen molar-refractivity contribution in [2.45, 2.75) is 38.5 Å². The van der Waals surface area contributed by atoms with Crippen LogP contribution in [0.5, 0.6) is 5.75 Å². The summed E-state index contributed by atoms with van der Waals surface area (Å²) in [5, 5.41) is 0. The average Bonchev–Trinajstić information content (AvgIpc) is 3.08. The minimum absolute atomic E-state index is 0.0652. The SMILES string of the molecule is COc1ccc(CCN2c3nc(N4CCOCC4)c(C)c(=O)n3CC2(C)C(F)(F)F)cc1. The van der Waals surface area contributed by atoms with Crippen molar-refractivity contribution in [3.63, 3.8) is 0 Å². The molecule has 3 heterocycles. The first-order chi connectivity index (χ1) is 15.2. The van der Waals surface area contributed by atoms with E-state index in [1.165, 1.54) is 9.47 Å². The number of alkyl halides is 3. The third-order valence-corrected chi connectivity index (χ3v) is 6.36. The highest BCUT2D eigenvalue weighted by atomic mass is 19.4. The second-order valence-corrected chi connectivity index (χ2v) is 8.37. The molecule has 1 aromatic heterocycles. The number of morpholine rings is 1. The van der Waals surface area contributed by atoms with E-state index in [0.717, 1.165) is 12.5 Å². The lowest BCUT2D eigenvalue weighted by atomic mass is 10.00. The van der Waals surface area contributed by atoms with E-state index in [1.807, 2.05) is 17.0 Å². The van der Waals surface area contributed by atoms with E-state index in [4.69, 9.17) is 9.47 Å². The summed E-state index contributed by atoms with van der Waals surface area (Å²) in [5.41, 5.74) is -1.43. The van der Waals surface area contributed by atoms with E-state index in [0.29, 0.717) is 49.9 Å². The zero-order chi connectivity index (χ0) is 23.1. The molecule has 7 nitrogen and oxygen atoms in total. The van der Waals surface area contributed by atoms with Crippen molar-refractivity contribution in [1.29, 1.82) is 0 Å². The van der Waals surface area contributed by atoms with Gasteiger partial charge in [-0.1, -0.05) is 12.1 Å². The first-order valence-corrected chi connectivity index (χ1v) is 10.6. The second-order valence-electron chi connectivity index (χ2n) is 8.37. The molecule has 0 spiro atoms. The van der Waals surface area contributed by atoms with Crippen molar-refractivity contribution in [3.8, 4) is 5.75 Å². The number of anilines is 2. The maximum Gasteiger partial charge on any atom is 0.413 e. The molecule has 1 saturated heterocycles. The van der Waals surface area contributed by atoms with Crippen molar-refractivity contribution < 1.29 is 22.6 Å². The van der Waals surface area contributed by atoms with Gasteiger partial charge in [0.15, 0.2) is 5.54 Å². The number of fused-ring (bicyclic) bond motifs is 1. The molecule has 1 atom stereocenters. The summed E-state index contributed by atoms with van der Waals surface area (Å²) in [6, 6.07) is 7.21. The lowest BCUT2D eigenvalue weighted by Crippen LogP contribution is -2.56. The Morgan fingerprint density at radius 1 is 1.19 bits per heavy atom. The molecule has 0 amide bonds. The van der Waals surface area contributed by atoms with Gasteiger partial charge in [0, 0.05) is 19.6 Å². The van der Waals surface area contributed by atoms with Gasteiger partial charge in [-0.2, -0.15) is 18.2 Å². The van der Waals surface area contributed by atoms with Crippen molar-refractivity contribution >= 4 is 11.8 Å². The molecule has 174 valence electrons. The number of aromatic nitrogens is 2. The lowest BCUT2D eigenvalue weighted by molar-refractivity contribution is -0.182. The molecule has 0 aliphatic carbocycles. The van der Waals surface area contributed by atoms with Crippen LogP contribution in [0, 0.1) is 6.92 Å². The third-order valence-electron chi connectivity index (χ3n) is 6.36. The highest BCUT2D eigenvalue weighted by molar-refractivity contribution is 5.54. The van der Waals surface area contributed by atoms with Crippen molar-refractivity contribution in [1.82, 2.24) is 9.55 Å². The van der Waals surface area contributed by atoms with E-state index in [2.05, 4.69) is 4.98 Å². The van der Waals surface area contributed by atoms with E-state index < -0.39 is 23.8 Å². The summed E-state index contributed by atoms with van der Waals surface area (Å²) in [6.45, 7) is 4.41. The Morgan fingerprint density at radius 2 is 1.84 bits per heavy atom. The molecule has 2 aliphatic rings. The van der Waals surface area contributed by atoms with Gasteiger partial charge >= 0.3 is 6.18 Å². The smallest absolute Gasteiger partial charge is 0.413 e. The molecule has 0 saturated carbocycles. The Morgan fingerprint density at radius 3 is 2.44 bits per heavy atom. The van der Waals surface area contributed by atoms with Crippen LogP contribution in [-0.4, -0.2) is 61.2 Å². The highest BCUT2D eigenvalue weighted by Gasteiger charge is 2.59. The maximum absolute atomic E-state index is 14.2. The minimum Gasteiger partial charge on any atom is -0.497 e. The number of hydrogen-bond acceptors (Lipinski definition) is 6. The van der Waals surface area contributed by atoms with Crippen LogP contribution in [0.15, 0.2) is 29.1 Å².